The zero-order chi connectivity index (χ0) is 79.7. The van der Waals surface area contributed by atoms with Crippen LogP contribution < -0.4 is 0 Å². The Bertz CT molecular complexity index is 3320. The van der Waals surface area contributed by atoms with Crippen LogP contribution in [0, 0.1) is 10.8 Å². The molecule has 103 heavy (non-hydrogen) atoms. The lowest BCUT2D eigenvalue weighted by Crippen LogP contribution is -2.53. The van der Waals surface area contributed by atoms with E-state index in [4.69, 9.17) is 33.2 Å². The van der Waals surface area contributed by atoms with Crippen LogP contribution in [-0.2, 0) is 102 Å². The van der Waals surface area contributed by atoms with E-state index in [-0.39, 0.29) is 43.1 Å². The molecule has 0 aliphatic carbocycles. The quantitative estimate of drug-likeness (QED) is 0.0523. The van der Waals surface area contributed by atoms with E-state index in [1.165, 1.54) is 69.7 Å². The van der Waals surface area contributed by atoms with Crippen molar-refractivity contribution in [3.8, 4) is 0 Å². The van der Waals surface area contributed by atoms with Gasteiger partial charge in [0.05, 0.1) is 0 Å². The smallest absolute Gasteiger partial charge is 0.410 e. The molecule has 0 saturated carbocycles. The number of halogens is 2. The van der Waals surface area contributed by atoms with E-state index in [0.29, 0.717) is 11.1 Å². The van der Waals surface area contributed by atoms with Crippen LogP contribution in [0.3, 0.4) is 0 Å². The molecule has 0 spiro atoms. The van der Waals surface area contributed by atoms with Gasteiger partial charge in [-0.1, -0.05) is 162 Å². The number of nitrogens with zero attached hydrogens (tertiary/aromatic N) is 4. The number of rotatable bonds is 28. The standard InChI is InChI=1S/C43H63FN2O9.C36H57FN2O9/c1-28(36(48)52-27-30-18-16-15-17-19-30)53-37(49)32(25-40(2,3)4)45(13)35(47)34(24-29-20-22-31(23-21-29)41(5,6)7)54-38(50)33(26-43(11,12)44)46(14)39(51)55-42(8,9)10;1-22(29(41)42)46-30(43)25(20-33(2,3)4)38(13)28(40)27(19-23-15-17-24(18-16-23)34(5,6)7)47-31(44)26(21-36(11,12)37)39(14)32(45)48-35(8,9)10/h15-23,28,32-34H,24-27H2,1-14H3;15-18,22,25-27H,19-21H2,1-14H3,(H,41,42)/t28-,32+,33+,34-;22-,25+,26+,27-/m11/s1. The van der Waals surface area contributed by atoms with Crippen molar-refractivity contribution < 1.29 is 95.0 Å². The highest BCUT2D eigenvalue weighted by atomic mass is 19.1. The Labute approximate surface area is 610 Å². The van der Waals surface area contributed by atoms with Gasteiger partial charge in [-0.3, -0.25) is 19.4 Å². The summed E-state index contributed by atoms with van der Waals surface area (Å²) in [5, 5.41) is 9.31. The molecule has 3 aromatic rings. The van der Waals surface area contributed by atoms with Gasteiger partial charge in [-0.25, -0.2) is 47.1 Å². The van der Waals surface area contributed by atoms with E-state index >= 15 is 8.78 Å². The third-order valence-electron chi connectivity index (χ3n) is 16.0. The molecule has 22 nitrogen and oxygen atoms in total. The number of hydrogen-bond acceptors (Lipinski definition) is 17. The number of carbonyl (C=O) groups excluding carboxylic acids is 9. The second-order valence-electron chi connectivity index (χ2n) is 34.3. The molecule has 1 N–H and O–H groups in total. The summed E-state index contributed by atoms with van der Waals surface area (Å²) in [5.74, 6) is -7.47. The Hall–Kier alpha value is -8.18. The number of carboxylic acids is 1. The Kier molecular flexibility index (Phi) is 32.6. The molecule has 0 aromatic heterocycles. The van der Waals surface area contributed by atoms with Gasteiger partial charge in [0.1, 0.15) is 53.3 Å². The van der Waals surface area contributed by atoms with Gasteiger partial charge in [0.15, 0.2) is 24.4 Å². The van der Waals surface area contributed by atoms with Crippen LogP contribution in [0.4, 0.5) is 18.4 Å². The first-order valence-corrected chi connectivity index (χ1v) is 34.9. The van der Waals surface area contributed by atoms with Crippen molar-refractivity contribution in [1.82, 2.24) is 19.6 Å². The lowest BCUT2D eigenvalue weighted by molar-refractivity contribution is -0.174. The van der Waals surface area contributed by atoms with Crippen molar-refractivity contribution in [3.05, 3.63) is 107 Å². The summed E-state index contributed by atoms with van der Waals surface area (Å²) >= 11 is 0. The van der Waals surface area contributed by atoms with E-state index in [0.717, 1.165) is 36.3 Å². The fraction of sp³-hybridized carbons (Fsp3) is 0.646. The number of esters is 5. The molecule has 0 aliphatic rings. The first-order chi connectivity index (χ1) is 46.6. The number of amides is 4. The van der Waals surface area contributed by atoms with Gasteiger partial charge in [0, 0.05) is 53.9 Å². The molecular formula is C79H120F2N4O18. The monoisotopic (exact) mass is 1450 g/mol. The SMILES string of the molecule is C[C@@H](OC(=O)[C@H](CC(C)(C)C)N(C)C(=O)[C@@H](Cc1ccc(C(C)(C)C)cc1)OC(=O)[C@H](CC(C)(C)F)N(C)C(=O)OC(C)(C)C)C(=O)O.C[C@@H](OC(=O)[C@H](CC(C)(C)C)N(C)C(=O)[C@@H](Cc1ccc(C(C)(C)C)cc1)OC(=O)[C@H](CC(C)(C)F)N(C)C(=O)OC(C)(C)C)C(=O)OCc1ccccc1. The maximum absolute atomic E-state index is 15.2. The number of alkyl halides is 2. The number of carbonyl (C=O) groups is 10. The van der Waals surface area contributed by atoms with E-state index in [1.54, 1.807) is 65.8 Å². The van der Waals surface area contributed by atoms with E-state index in [2.05, 4.69) is 41.5 Å². The average molecular weight is 1450 g/mol. The van der Waals surface area contributed by atoms with Gasteiger partial charge in [0.2, 0.25) is 0 Å². The summed E-state index contributed by atoms with van der Waals surface area (Å²) in [5.41, 5.74) is -2.81. The predicted molar refractivity (Wildman–Crippen MR) is 389 cm³/mol. The van der Waals surface area contributed by atoms with E-state index < -0.39 is 155 Å². The van der Waals surface area contributed by atoms with Gasteiger partial charge in [-0.05, 0) is 145 Å². The van der Waals surface area contributed by atoms with Gasteiger partial charge >= 0.3 is 48.0 Å². The van der Waals surface area contributed by atoms with E-state index in [9.17, 15) is 53.1 Å². The Balaban J connectivity index is 0.000000707. The third-order valence-corrected chi connectivity index (χ3v) is 16.0. The highest BCUT2D eigenvalue weighted by molar-refractivity contribution is 5.92. The van der Waals surface area contributed by atoms with Crippen molar-refractivity contribution in [1.29, 1.82) is 0 Å². The molecular weight excluding hydrogens is 1330 g/mol. The molecule has 578 valence electrons. The van der Waals surface area contributed by atoms with E-state index in [1.807, 2.05) is 96.1 Å². The minimum atomic E-state index is -1.92. The summed E-state index contributed by atoms with van der Waals surface area (Å²) in [6, 6.07) is 18.6. The molecule has 0 radical (unpaired) electrons. The number of hydrogen-bond donors (Lipinski definition) is 1. The number of carboxylic acid groups (broad SMARTS) is 1. The third kappa shape index (κ3) is 33.0. The minimum Gasteiger partial charge on any atom is -0.479 e. The summed E-state index contributed by atoms with van der Waals surface area (Å²) in [6.07, 6.45) is -8.40. The average Bonchev–Trinajstić information content (AvgIpc) is 0.822. The molecule has 0 bridgehead atoms. The second-order valence-corrected chi connectivity index (χ2v) is 34.3. The van der Waals surface area contributed by atoms with Gasteiger partial charge in [-0.2, -0.15) is 0 Å². The number of ether oxygens (including phenoxy) is 7. The van der Waals surface area contributed by atoms with Gasteiger partial charge in [0.25, 0.3) is 11.8 Å². The zero-order valence-corrected chi connectivity index (χ0v) is 66.5. The fourth-order valence-corrected chi connectivity index (χ4v) is 10.2. The van der Waals surface area contributed by atoms with Crippen molar-refractivity contribution in [2.45, 2.75) is 293 Å². The minimum absolute atomic E-state index is 0.0150. The first kappa shape index (κ1) is 90.9. The highest BCUT2D eigenvalue weighted by Gasteiger charge is 2.44. The summed E-state index contributed by atoms with van der Waals surface area (Å²) < 4.78 is 68.9. The van der Waals surface area contributed by atoms with Crippen molar-refractivity contribution in [2.75, 3.05) is 28.2 Å². The summed E-state index contributed by atoms with van der Waals surface area (Å²) in [7, 11) is 5.35. The maximum atomic E-state index is 15.2. The highest BCUT2D eigenvalue weighted by Crippen LogP contribution is 2.32. The van der Waals surface area contributed by atoms with Crippen molar-refractivity contribution >= 4 is 59.8 Å². The molecule has 0 fully saturated rings. The molecule has 3 aromatic carbocycles. The van der Waals surface area contributed by atoms with Crippen LogP contribution in [0.2, 0.25) is 0 Å². The Morgan fingerprint density at radius 2 is 0.689 bits per heavy atom. The maximum Gasteiger partial charge on any atom is 0.410 e. The second kappa shape index (κ2) is 37.0. The van der Waals surface area contributed by atoms with Crippen LogP contribution >= 0.6 is 0 Å². The molecule has 4 amide bonds. The number of benzene rings is 3. The molecule has 0 heterocycles. The van der Waals surface area contributed by atoms with Crippen LogP contribution in [0.5, 0.6) is 0 Å². The zero-order valence-electron chi connectivity index (χ0n) is 66.5. The Morgan fingerprint density at radius 1 is 0.388 bits per heavy atom. The van der Waals surface area contributed by atoms with Crippen molar-refractivity contribution in [2.24, 2.45) is 10.8 Å². The topological polar surface area (TPSA) is 268 Å². The fourth-order valence-electron chi connectivity index (χ4n) is 10.2. The van der Waals surface area contributed by atoms with Crippen LogP contribution in [0.15, 0.2) is 78.9 Å². The molecule has 8 atom stereocenters. The van der Waals surface area contributed by atoms with Crippen LogP contribution in [-0.4, -0.2) is 184 Å². The molecule has 0 saturated heterocycles. The predicted octanol–water partition coefficient (Wildman–Crippen LogP) is 13.8. The molecule has 3 rings (SSSR count). The van der Waals surface area contributed by atoms with Crippen LogP contribution in [0.25, 0.3) is 0 Å². The largest absolute Gasteiger partial charge is 0.479 e. The van der Waals surface area contributed by atoms with Crippen LogP contribution in [0.1, 0.15) is 220 Å². The molecule has 0 unspecified atom stereocenters. The van der Waals surface area contributed by atoms with Gasteiger partial charge < -0.3 is 48.1 Å². The summed E-state index contributed by atoms with van der Waals surface area (Å²) in [4.78, 5) is 138. The summed E-state index contributed by atoms with van der Waals surface area (Å²) in [6.45, 7) is 41.1. The first-order valence-electron chi connectivity index (χ1n) is 34.9. The molecule has 24 heteroatoms. The molecule has 0 aliphatic heterocycles. The normalized spacial score (nSPS) is 14.7. The number of aliphatic carboxylic acids is 1. The van der Waals surface area contributed by atoms with Gasteiger partial charge in [-0.15, -0.1) is 0 Å². The Morgan fingerprint density at radius 3 is 0.971 bits per heavy atom. The lowest BCUT2D eigenvalue weighted by atomic mass is 9.86. The number of likely N-dealkylation sites (N-methyl/N-ethyl adjacent to an activating group) is 4. The lowest BCUT2D eigenvalue weighted by Gasteiger charge is -2.35. The van der Waals surface area contributed by atoms with Crippen molar-refractivity contribution in [3.63, 3.8) is 0 Å².